The van der Waals surface area contributed by atoms with Gasteiger partial charge < -0.3 is 10.4 Å². The van der Waals surface area contributed by atoms with E-state index in [1.54, 1.807) is 13.0 Å². The van der Waals surface area contributed by atoms with Gasteiger partial charge in [0.25, 0.3) is 5.91 Å². The number of hydrogen-bond acceptors (Lipinski definition) is 3. The number of carbonyl (C=O) groups excluding carboxylic acids is 1. The van der Waals surface area contributed by atoms with Gasteiger partial charge in [-0.2, -0.15) is 0 Å². The maximum atomic E-state index is 11.8. The highest BCUT2D eigenvalue weighted by atomic mass is 79.9. The van der Waals surface area contributed by atoms with E-state index in [9.17, 15) is 9.59 Å². The summed E-state index contributed by atoms with van der Waals surface area (Å²) in [4.78, 5) is 26.2. The Morgan fingerprint density at radius 2 is 2.18 bits per heavy atom. The molecule has 1 heterocycles. The van der Waals surface area contributed by atoms with Crippen LogP contribution in [0.5, 0.6) is 0 Å². The number of carbonyl (C=O) groups is 2. The predicted molar refractivity (Wildman–Crippen MR) is 68.8 cm³/mol. The molecule has 1 amide bonds. The molecule has 0 saturated carbocycles. The van der Waals surface area contributed by atoms with Gasteiger partial charge in [-0.25, -0.2) is 4.98 Å². The van der Waals surface area contributed by atoms with E-state index in [0.717, 1.165) is 4.47 Å². The first-order chi connectivity index (χ1) is 7.90. The van der Waals surface area contributed by atoms with Gasteiger partial charge in [0.2, 0.25) is 0 Å². The predicted octanol–water partition coefficient (Wildman–Crippen LogP) is 2.20. The molecule has 0 aromatic carbocycles. The molecular weight excluding hydrogens is 356 g/mol. The van der Waals surface area contributed by atoms with E-state index < -0.39 is 17.9 Å². The standard InChI is InChI=1S/C10H10Br2N2O3/c1-5(2-8(15)16)14-10(17)9-7(12)3-6(11)4-13-9/h3-5H,2H2,1H3,(H,14,17)(H,15,16). The first-order valence-corrected chi connectivity index (χ1v) is 6.32. The highest BCUT2D eigenvalue weighted by Gasteiger charge is 2.16. The van der Waals surface area contributed by atoms with Crippen molar-refractivity contribution in [3.8, 4) is 0 Å². The maximum Gasteiger partial charge on any atom is 0.305 e. The second-order valence-corrected chi connectivity index (χ2v) is 5.23. The van der Waals surface area contributed by atoms with Crippen molar-refractivity contribution >= 4 is 43.7 Å². The van der Waals surface area contributed by atoms with Gasteiger partial charge in [0.15, 0.2) is 0 Å². The van der Waals surface area contributed by atoms with Crippen LogP contribution in [0, 0.1) is 0 Å². The molecule has 0 aliphatic heterocycles. The third kappa shape index (κ3) is 4.43. The quantitative estimate of drug-likeness (QED) is 0.857. The third-order valence-electron chi connectivity index (χ3n) is 1.88. The van der Waals surface area contributed by atoms with Gasteiger partial charge in [0.05, 0.1) is 10.9 Å². The average molecular weight is 366 g/mol. The number of halogens is 2. The Morgan fingerprint density at radius 3 is 2.71 bits per heavy atom. The van der Waals surface area contributed by atoms with Crippen molar-refractivity contribution in [2.24, 2.45) is 0 Å². The highest BCUT2D eigenvalue weighted by Crippen LogP contribution is 2.19. The zero-order chi connectivity index (χ0) is 13.0. The van der Waals surface area contributed by atoms with E-state index in [1.807, 2.05) is 0 Å². The van der Waals surface area contributed by atoms with Crippen molar-refractivity contribution in [1.82, 2.24) is 10.3 Å². The zero-order valence-electron chi connectivity index (χ0n) is 8.91. The summed E-state index contributed by atoms with van der Waals surface area (Å²) in [7, 11) is 0. The molecule has 1 aromatic heterocycles. The third-order valence-corrected chi connectivity index (χ3v) is 2.92. The summed E-state index contributed by atoms with van der Waals surface area (Å²) >= 11 is 6.45. The smallest absolute Gasteiger partial charge is 0.305 e. The number of carboxylic acids is 1. The van der Waals surface area contributed by atoms with Crippen LogP contribution in [0.25, 0.3) is 0 Å². The second-order valence-electron chi connectivity index (χ2n) is 3.46. The highest BCUT2D eigenvalue weighted by molar-refractivity contribution is 9.11. The minimum absolute atomic E-state index is 0.125. The van der Waals surface area contributed by atoms with E-state index in [2.05, 4.69) is 42.2 Å². The molecule has 0 bridgehead atoms. The molecule has 0 aliphatic rings. The molecule has 1 rings (SSSR count). The lowest BCUT2D eigenvalue weighted by molar-refractivity contribution is -0.137. The molecule has 1 unspecified atom stereocenters. The number of hydrogen-bond donors (Lipinski definition) is 2. The number of aliphatic carboxylic acids is 1. The normalized spacial score (nSPS) is 11.9. The van der Waals surface area contributed by atoms with Gasteiger partial charge in [0, 0.05) is 16.7 Å². The minimum Gasteiger partial charge on any atom is -0.481 e. The monoisotopic (exact) mass is 364 g/mol. The van der Waals surface area contributed by atoms with Gasteiger partial charge in [-0.1, -0.05) is 0 Å². The lowest BCUT2D eigenvalue weighted by Gasteiger charge is -2.11. The van der Waals surface area contributed by atoms with Crippen molar-refractivity contribution < 1.29 is 14.7 Å². The van der Waals surface area contributed by atoms with Gasteiger partial charge in [0.1, 0.15) is 5.69 Å². The Bertz CT molecular complexity index is 451. The molecule has 0 saturated heterocycles. The Balaban J connectivity index is 2.73. The van der Waals surface area contributed by atoms with Crippen molar-refractivity contribution in [3.63, 3.8) is 0 Å². The summed E-state index contributed by atoms with van der Waals surface area (Å²) in [6, 6.07) is 1.25. The molecule has 17 heavy (non-hydrogen) atoms. The molecule has 1 atom stereocenters. The first-order valence-electron chi connectivity index (χ1n) is 4.74. The summed E-state index contributed by atoms with van der Waals surface area (Å²) in [6.45, 7) is 1.62. The lowest BCUT2D eigenvalue weighted by atomic mass is 10.2. The fourth-order valence-corrected chi connectivity index (χ4v) is 2.35. The van der Waals surface area contributed by atoms with Gasteiger partial charge >= 0.3 is 5.97 Å². The zero-order valence-corrected chi connectivity index (χ0v) is 12.1. The summed E-state index contributed by atoms with van der Waals surface area (Å²) in [5.74, 6) is -1.36. The van der Waals surface area contributed by atoms with Crippen LogP contribution < -0.4 is 5.32 Å². The lowest BCUT2D eigenvalue weighted by Crippen LogP contribution is -2.34. The Morgan fingerprint density at radius 1 is 1.53 bits per heavy atom. The van der Waals surface area contributed by atoms with Gasteiger partial charge in [-0.05, 0) is 44.8 Å². The van der Waals surface area contributed by atoms with Crippen LogP contribution in [0.4, 0.5) is 0 Å². The summed E-state index contributed by atoms with van der Waals surface area (Å²) < 4.78 is 1.30. The van der Waals surface area contributed by atoms with Crippen LogP contribution >= 0.6 is 31.9 Å². The van der Waals surface area contributed by atoms with Crippen molar-refractivity contribution in [2.75, 3.05) is 0 Å². The second kappa shape index (κ2) is 6.11. The number of amides is 1. The Kier molecular flexibility index (Phi) is 5.07. The van der Waals surface area contributed by atoms with Crippen LogP contribution in [0.1, 0.15) is 23.8 Å². The van der Waals surface area contributed by atoms with Crippen LogP contribution in [0.15, 0.2) is 21.2 Å². The molecule has 0 aliphatic carbocycles. The van der Waals surface area contributed by atoms with Gasteiger partial charge in [-0.15, -0.1) is 0 Å². The molecular formula is C10H10Br2N2O3. The largest absolute Gasteiger partial charge is 0.481 e. The number of pyridine rings is 1. The summed E-state index contributed by atoms with van der Waals surface area (Å²) in [5, 5.41) is 11.1. The van der Waals surface area contributed by atoms with Crippen LogP contribution in [0.3, 0.4) is 0 Å². The van der Waals surface area contributed by atoms with Crippen LogP contribution in [0.2, 0.25) is 0 Å². The van der Waals surface area contributed by atoms with E-state index in [0.29, 0.717) is 4.47 Å². The number of carboxylic acid groups (broad SMARTS) is 1. The molecule has 1 aromatic rings. The fraction of sp³-hybridized carbons (Fsp3) is 0.300. The topological polar surface area (TPSA) is 79.3 Å². The molecule has 7 heteroatoms. The van der Waals surface area contributed by atoms with Gasteiger partial charge in [-0.3, -0.25) is 9.59 Å². The minimum atomic E-state index is -0.958. The number of nitrogens with zero attached hydrogens (tertiary/aromatic N) is 1. The molecule has 92 valence electrons. The summed E-state index contributed by atoms with van der Waals surface area (Å²) in [5.41, 5.74) is 0.227. The van der Waals surface area contributed by atoms with E-state index in [1.165, 1.54) is 6.20 Å². The van der Waals surface area contributed by atoms with E-state index in [4.69, 9.17) is 5.11 Å². The molecule has 0 fully saturated rings. The number of nitrogens with one attached hydrogen (secondary N) is 1. The molecule has 0 spiro atoms. The Hall–Kier alpha value is -0.950. The SMILES string of the molecule is CC(CC(=O)O)NC(=O)c1ncc(Br)cc1Br. The number of aromatic nitrogens is 1. The molecule has 2 N–H and O–H groups in total. The number of rotatable bonds is 4. The van der Waals surface area contributed by atoms with Crippen LogP contribution in [-0.4, -0.2) is 28.0 Å². The van der Waals surface area contributed by atoms with E-state index in [-0.39, 0.29) is 12.1 Å². The maximum absolute atomic E-state index is 11.8. The Labute approximate surface area is 115 Å². The molecule has 5 nitrogen and oxygen atoms in total. The molecule has 0 radical (unpaired) electrons. The van der Waals surface area contributed by atoms with Crippen molar-refractivity contribution in [1.29, 1.82) is 0 Å². The fourth-order valence-electron chi connectivity index (χ4n) is 1.19. The summed E-state index contributed by atoms with van der Waals surface area (Å²) in [6.07, 6.45) is 1.38. The first kappa shape index (κ1) is 14.1. The van der Waals surface area contributed by atoms with Crippen molar-refractivity contribution in [2.45, 2.75) is 19.4 Å². The van der Waals surface area contributed by atoms with Crippen molar-refractivity contribution in [3.05, 3.63) is 26.9 Å². The van der Waals surface area contributed by atoms with Crippen LogP contribution in [-0.2, 0) is 4.79 Å². The van der Waals surface area contributed by atoms with E-state index >= 15 is 0 Å². The average Bonchev–Trinajstić information content (AvgIpc) is 2.15.